The number of hydrogen-bond donors (Lipinski definition) is 1. The maximum absolute atomic E-state index is 12.4. The van der Waals surface area contributed by atoms with Gasteiger partial charge in [-0.15, -0.1) is 0 Å². The molecule has 27 heavy (non-hydrogen) atoms. The zero-order valence-corrected chi connectivity index (χ0v) is 15.7. The lowest BCUT2D eigenvalue weighted by atomic mass is 10.1. The van der Waals surface area contributed by atoms with E-state index < -0.39 is 0 Å². The van der Waals surface area contributed by atoms with E-state index in [1.807, 2.05) is 32.0 Å². The predicted molar refractivity (Wildman–Crippen MR) is 101 cm³/mol. The van der Waals surface area contributed by atoms with Crippen LogP contribution in [0.2, 0.25) is 0 Å². The van der Waals surface area contributed by atoms with Crippen LogP contribution < -0.4 is 24.4 Å². The van der Waals surface area contributed by atoms with E-state index in [1.165, 1.54) is 7.11 Å². The molecule has 7 heteroatoms. The van der Waals surface area contributed by atoms with Gasteiger partial charge in [-0.1, -0.05) is 0 Å². The molecule has 0 unspecified atom stereocenters. The Bertz CT molecular complexity index is 877. The number of nitrogens with one attached hydrogen (secondary N) is 1. The molecule has 0 radical (unpaired) electrons. The molecule has 2 aromatic carbocycles. The van der Waals surface area contributed by atoms with Gasteiger partial charge in [0.25, 0.3) is 5.91 Å². The Morgan fingerprint density at radius 2 is 1.81 bits per heavy atom. The molecule has 7 nitrogen and oxygen atoms in total. The molecule has 1 N–H and O–H groups in total. The van der Waals surface area contributed by atoms with Gasteiger partial charge in [0.15, 0.2) is 23.0 Å². The lowest BCUT2D eigenvalue weighted by Gasteiger charge is -2.14. The first-order valence-corrected chi connectivity index (χ1v) is 8.57. The number of amides is 1. The van der Waals surface area contributed by atoms with Crippen molar-refractivity contribution < 1.29 is 23.7 Å². The number of methoxy groups -OCH3 is 1. The van der Waals surface area contributed by atoms with Gasteiger partial charge in [0.2, 0.25) is 6.79 Å². The minimum atomic E-state index is -0.343. The van der Waals surface area contributed by atoms with Crippen molar-refractivity contribution in [3.8, 4) is 23.0 Å². The molecule has 1 heterocycles. The zero-order valence-electron chi connectivity index (χ0n) is 15.7. The molecular weight excluding hydrogens is 348 g/mol. The number of ether oxygens (including phenoxy) is 4. The SMILES string of the molecule is COc1cc(C(=O)N/N=C(/C)c2ccc3c(c2)OCO3)ccc1OC(C)C. The van der Waals surface area contributed by atoms with Crippen molar-refractivity contribution in [3.05, 3.63) is 47.5 Å². The second-order valence-corrected chi connectivity index (χ2v) is 6.24. The first kappa shape index (κ1) is 18.6. The average Bonchev–Trinajstić information content (AvgIpc) is 3.13. The monoisotopic (exact) mass is 370 g/mol. The Kier molecular flexibility index (Phi) is 5.49. The summed E-state index contributed by atoms with van der Waals surface area (Å²) in [5, 5.41) is 4.17. The van der Waals surface area contributed by atoms with Crippen molar-refractivity contribution in [2.45, 2.75) is 26.9 Å². The molecule has 3 rings (SSSR count). The van der Waals surface area contributed by atoms with E-state index in [2.05, 4.69) is 10.5 Å². The molecule has 1 amide bonds. The highest BCUT2D eigenvalue weighted by atomic mass is 16.7. The van der Waals surface area contributed by atoms with Crippen molar-refractivity contribution in [1.82, 2.24) is 5.43 Å². The van der Waals surface area contributed by atoms with Crippen LogP contribution in [0.4, 0.5) is 0 Å². The number of rotatable bonds is 6. The van der Waals surface area contributed by atoms with Crippen LogP contribution in [0.5, 0.6) is 23.0 Å². The van der Waals surface area contributed by atoms with Crippen LogP contribution in [0.3, 0.4) is 0 Å². The van der Waals surface area contributed by atoms with Crippen LogP contribution in [0, 0.1) is 0 Å². The van der Waals surface area contributed by atoms with Gasteiger partial charge in [-0.25, -0.2) is 5.43 Å². The Morgan fingerprint density at radius 3 is 2.56 bits per heavy atom. The van der Waals surface area contributed by atoms with Gasteiger partial charge in [0, 0.05) is 11.1 Å². The third-order valence-corrected chi connectivity index (χ3v) is 3.90. The van der Waals surface area contributed by atoms with Crippen LogP contribution in [0.1, 0.15) is 36.7 Å². The van der Waals surface area contributed by atoms with Crippen molar-refractivity contribution in [2.75, 3.05) is 13.9 Å². The van der Waals surface area contributed by atoms with Gasteiger partial charge in [0.1, 0.15) is 0 Å². The predicted octanol–water partition coefficient (Wildman–Crippen LogP) is 3.37. The van der Waals surface area contributed by atoms with E-state index >= 15 is 0 Å². The number of hydrazone groups is 1. The molecule has 0 saturated heterocycles. The van der Waals surface area contributed by atoms with Crippen molar-refractivity contribution >= 4 is 11.6 Å². The Labute approximate surface area is 157 Å². The maximum Gasteiger partial charge on any atom is 0.271 e. The zero-order chi connectivity index (χ0) is 19.4. The summed E-state index contributed by atoms with van der Waals surface area (Å²) in [5.41, 5.74) is 4.46. The molecule has 0 fully saturated rings. The molecule has 0 atom stereocenters. The molecule has 1 aliphatic rings. The lowest BCUT2D eigenvalue weighted by Crippen LogP contribution is -2.19. The smallest absolute Gasteiger partial charge is 0.271 e. The second kappa shape index (κ2) is 7.99. The van der Waals surface area contributed by atoms with E-state index in [0.29, 0.717) is 34.3 Å². The number of hydrogen-bond acceptors (Lipinski definition) is 6. The van der Waals surface area contributed by atoms with E-state index in [0.717, 1.165) is 5.56 Å². The summed E-state index contributed by atoms with van der Waals surface area (Å²) in [6.07, 6.45) is 0.00697. The summed E-state index contributed by atoms with van der Waals surface area (Å²) >= 11 is 0. The molecule has 1 aliphatic heterocycles. The average molecular weight is 370 g/mol. The largest absolute Gasteiger partial charge is 0.493 e. The highest BCUT2D eigenvalue weighted by molar-refractivity contribution is 6.01. The fourth-order valence-corrected chi connectivity index (χ4v) is 2.55. The van der Waals surface area contributed by atoms with Gasteiger partial charge >= 0.3 is 0 Å². The van der Waals surface area contributed by atoms with Gasteiger partial charge in [-0.3, -0.25) is 4.79 Å². The third kappa shape index (κ3) is 4.31. The molecule has 0 aromatic heterocycles. The molecule has 0 spiro atoms. The summed E-state index contributed by atoms with van der Waals surface area (Å²) in [7, 11) is 1.53. The summed E-state index contributed by atoms with van der Waals surface area (Å²) in [5.74, 6) is 2.10. The van der Waals surface area contributed by atoms with Crippen LogP contribution in [-0.4, -0.2) is 31.6 Å². The summed E-state index contributed by atoms with van der Waals surface area (Å²) < 4.78 is 21.6. The highest BCUT2D eigenvalue weighted by Gasteiger charge is 2.15. The Hall–Kier alpha value is -3.22. The van der Waals surface area contributed by atoms with E-state index in [9.17, 15) is 4.79 Å². The number of fused-ring (bicyclic) bond motifs is 1. The molecule has 0 saturated carbocycles. The van der Waals surface area contributed by atoms with Crippen LogP contribution in [0.15, 0.2) is 41.5 Å². The lowest BCUT2D eigenvalue weighted by molar-refractivity contribution is 0.0954. The van der Waals surface area contributed by atoms with Gasteiger partial charge in [-0.05, 0) is 57.2 Å². The molecule has 0 aliphatic carbocycles. The molecule has 0 bridgehead atoms. The number of benzene rings is 2. The van der Waals surface area contributed by atoms with E-state index in [4.69, 9.17) is 18.9 Å². The number of nitrogens with zero attached hydrogens (tertiary/aromatic N) is 1. The molecule has 142 valence electrons. The number of carbonyl (C=O) groups is 1. The standard InChI is InChI=1S/C20H22N2O5/c1-12(2)27-17-8-6-15(10-18(17)24-4)20(23)22-21-13(3)14-5-7-16-19(9-14)26-11-25-16/h5-10,12H,11H2,1-4H3,(H,22,23)/b21-13-. The van der Waals surface area contributed by atoms with Gasteiger partial charge < -0.3 is 18.9 Å². The quantitative estimate of drug-likeness (QED) is 0.623. The Balaban J connectivity index is 1.72. The maximum atomic E-state index is 12.4. The number of carbonyl (C=O) groups excluding carboxylic acids is 1. The summed E-state index contributed by atoms with van der Waals surface area (Å²) in [6.45, 7) is 5.86. The van der Waals surface area contributed by atoms with Gasteiger partial charge in [-0.2, -0.15) is 5.10 Å². The fourth-order valence-electron chi connectivity index (χ4n) is 2.55. The first-order chi connectivity index (χ1) is 13.0. The van der Waals surface area contributed by atoms with Crippen LogP contribution in [-0.2, 0) is 0 Å². The fraction of sp³-hybridized carbons (Fsp3) is 0.300. The third-order valence-electron chi connectivity index (χ3n) is 3.90. The van der Waals surface area contributed by atoms with Crippen LogP contribution in [0.25, 0.3) is 0 Å². The van der Waals surface area contributed by atoms with E-state index in [-0.39, 0.29) is 18.8 Å². The summed E-state index contributed by atoms with van der Waals surface area (Å²) in [4.78, 5) is 12.4. The molecule has 2 aromatic rings. The first-order valence-electron chi connectivity index (χ1n) is 8.57. The van der Waals surface area contributed by atoms with Crippen molar-refractivity contribution in [2.24, 2.45) is 5.10 Å². The van der Waals surface area contributed by atoms with E-state index in [1.54, 1.807) is 25.1 Å². The topological polar surface area (TPSA) is 78.4 Å². The highest BCUT2D eigenvalue weighted by Crippen LogP contribution is 2.32. The van der Waals surface area contributed by atoms with Crippen LogP contribution >= 0.6 is 0 Å². The minimum Gasteiger partial charge on any atom is -0.493 e. The Morgan fingerprint density at radius 1 is 1.07 bits per heavy atom. The molecular formula is C20H22N2O5. The summed E-state index contributed by atoms with van der Waals surface area (Å²) in [6, 6.07) is 10.5. The normalized spacial score (nSPS) is 12.9. The minimum absolute atomic E-state index is 0.00697. The second-order valence-electron chi connectivity index (χ2n) is 6.24. The van der Waals surface area contributed by atoms with Crippen molar-refractivity contribution in [3.63, 3.8) is 0 Å². The van der Waals surface area contributed by atoms with Gasteiger partial charge in [0.05, 0.1) is 18.9 Å². The van der Waals surface area contributed by atoms with Crippen molar-refractivity contribution in [1.29, 1.82) is 0 Å².